The van der Waals surface area contributed by atoms with Crippen LogP contribution in [0, 0.1) is 0 Å². The highest BCUT2D eigenvalue weighted by atomic mass is 16.5. The van der Waals surface area contributed by atoms with Gasteiger partial charge in [-0.2, -0.15) is 0 Å². The summed E-state index contributed by atoms with van der Waals surface area (Å²) in [6, 6.07) is 0.437. The third-order valence-corrected chi connectivity index (χ3v) is 2.40. The van der Waals surface area contributed by atoms with Crippen LogP contribution in [0.5, 0.6) is 0 Å². The van der Waals surface area contributed by atoms with Gasteiger partial charge in [0.2, 0.25) is 0 Å². The fraction of sp³-hybridized carbons (Fsp3) is 0.700. The summed E-state index contributed by atoms with van der Waals surface area (Å²) in [5, 5.41) is 8.54. The Kier molecular flexibility index (Phi) is 4.10. The Morgan fingerprint density at radius 3 is 2.93 bits per heavy atom. The maximum Gasteiger partial charge on any atom is 0.328 e. The van der Waals surface area contributed by atoms with Gasteiger partial charge in [0.05, 0.1) is 6.61 Å². The molecule has 1 fully saturated rings. The Bertz CT molecular complexity index is 232. The molecule has 0 aromatic heterocycles. The number of hydrogen-bond donors (Lipinski definition) is 1. The standard InChI is InChI=1S/C10H17NO3/c1-8(5-10(12)13)6-11(2)9-3-4-14-7-9/h5,9H,3-4,6-7H2,1-2H3,(H,12,13). The first-order valence-corrected chi connectivity index (χ1v) is 4.77. The molecular formula is C10H17NO3. The minimum absolute atomic E-state index is 0.437. The SMILES string of the molecule is CC(=CC(=O)O)CN(C)C1CCOC1. The van der Waals surface area contributed by atoms with E-state index in [-0.39, 0.29) is 0 Å². The number of ether oxygens (including phenoxy) is 1. The van der Waals surface area contributed by atoms with E-state index in [4.69, 9.17) is 9.84 Å². The first-order valence-electron chi connectivity index (χ1n) is 4.77. The van der Waals surface area contributed by atoms with Crippen molar-refractivity contribution in [2.24, 2.45) is 0 Å². The molecule has 4 nitrogen and oxygen atoms in total. The lowest BCUT2D eigenvalue weighted by molar-refractivity contribution is -0.131. The van der Waals surface area contributed by atoms with Crippen molar-refractivity contribution in [2.75, 3.05) is 26.8 Å². The highest BCUT2D eigenvalue weighted by Gasteiger charge is 2.19. The average molecular weight is 199 g/mol. The molecule has 0 aliphatic carbocycles. The van der Waals surface area contributed by atoms with Crippen LogP contribution in [0.25, 0.3) is 0 Å². The molecule has 1 rings (SSSR count). The van der Waals surface area contributed by atoms with Gasteiger partial charge in [-0.05, 0) is 20.4 Å². The molecule has 0 saturated carbocycles. The Hall–Kier alpha value is -0.870. The monoisotopic (exact) mass is 199 g/mol. The average Bonchev–Trinajstić information content (AvgIpc) is 2.53. The summed E-state index contributed by atoms with van der Waals surface area (Å²) >= 11 is 0. The highest BCUT2D eigenvalue weighted by Crippen LogP contribution is 2.11. The molecule has 0 radical (unpaired) electrons. The molecule has 1 heterocycles. The Labute approximate surface area is 84.2 Å². The van der Waals surface area contributed by atoms with Crippen LogP contribution in [0.15, 0.2) is 11.6 Å². The smallest absolute Gasteiger partial charge is 0.328 e. The number of nitrogens with zero attached hydrogens (tertiary/aromatic N) is 1. The van der Waals surface area contributed by atoms with Gasteiger partial charge >= 0.3 is 5.97 Å². The lowest BCUT2D eigenvalue weighted by Gasteiger charge is -2.22. The van der Waals surface area contributed by atoms with Gasteiger partial charge in [-0.15, -0.1) is 0 Å². The van der Waals surface area contributed by atoms with E-state index in [0.717, 1.165) is 25.2 Å². The summed E-state index contributed by atoms with van der Waals surface area (Å²) < 4.78 is 5.26. The molecule has 0 spiro atoms. The van der Waals surface area contributed by atoms with Crippen molar-refractivity contribution in [2.45, 2.75) is 19.4 Å². The number of aliphatic carboxylic acids is 1. The number of likely N-dealkylation sites (N-methyl/N-ethyl adjacent to an activating group) is 1. The third kappa shape index (κ3) is 3.47. The van der Waals surface area contributed by atoms with Crippen LogP contribution in [-0.2, 0) is 9.53 Å². The van der Waals surface area contributed by atoms with Gasteiger partial charge in [-0.1, -0.05) is 5.57 Å². The molecule has 1 aliphatic heterocycles. The van der Waals surface area contributed by atoms with Gasteiger partial charge in [0.15, 0.2) is 0 Å². The third-order valence-electron chi connectivity index (χ3n) is 2.40. The summed E-state index contributed by atoms with van der Waals surface area (Å²) in [6.45, 7) is 4.11. The van der Waals surface area contributed by atoms with Crippen molar-refractivity contribution in [1.29, 1.82) is 0 Å². The molecule has 0 aromatic rings. The van der Waals surface area contributed by atoms with Gasteiger partial charge in [-0.25, -0.2) is 4.79 Å². The van der Waals surface area contributed by atoms with Gasteiger partial charge in [-0.3, -0.25) is 4.90 Å². The van der Waals surface area contributed by atoms with Gasteiger partial charge in [0.1, 0.15) is 0 Å². The predicted molar refractivity (Wildman–Crippen MR) is 53.2 cm³/mol. The molecule has 0 bridgehead atoms. The first kappa shape index (κ1) is 11.2. The fourth-order valence-electron chi connectivity index (χ4n) is 1.65. The van der Waals surface area contributed by atoms with E-state index in [1.54, 1.807) is 0 Å². The molecule has 1 unspecified atom stereocenters. The minimum Gasteiger partial charge on any atom is -0.478 e. The molecule has 14 heavy (non-hydrogen) atoms. The molecule has 1 saturated heterocycles. The number of carboxylic acids is 1. The summed E-state index contributed by atoms with van der Waals surface area (Å²) in [4.78, 5) is 12.5. The fourth-order valence-corrected chi connectivity index (χ4v) is 1.65. The Balaban J connectivity index is 2.39. The second-order valence-electron chi connectivity index (χ2n) is 3.76. The van der Waals surface area contributed by atoms with E-state index >= 15 is 0 Å². The van der Waals surface area contributed by atoms with Crippen molar-refractivity contribution in [1.82, 2.24) is 4.90 Å². The zero-order valence-electron chi connectivity index (χ0n) is 8.69. The number of carbonyl (C=O) groups is 1. The van der Waals surface area contributed by atoms with Gasteiger partial charge in [0.25, 0.3) is 0 Å². The number of hydrogen-bond acceptors (Lipinski definition) is 3. The molecule has 1 atom stereocenters. The topological polar surface area (TPSA) is 49.8 Å². The van der Waals surface area contributed by atoms with Crippen molar-refractivity contribution in [3.8, 4) is 0 Å². The summed E-state index contributed by atoms with van der Waals surface area (Å²) in [5.41, 5.74) is 0.868. The number of carboxylic acid groups (broad SMARTS) is 1. The van der Waals surface area contributed by atoms with Crippen LogP contribution >= 0.6 is 0 Å². The van der Waals surface area contributed by atoms with Gasteiger partial charge in [0, 0.05) is 25.3 Å². The van der Waals surface area contributed by atoms with Crippen LogP contribution in [0.1, 0.15) is 13.3 Å². The predicted octanol–water partition coefficient (Wildman–Crippen LogP) is 0.738. The van der Waals surface area contributed by atoms with Crippen LogP contribution in [0.3, 0.4) is 0 Å². The second kappa shape index (κ2) is 5.12. The zero-order valence-corrected chi connectivity index (χ0v) is 8.69. The Morgan fingerprint density at radius 1 is 1.71 bits per heavy atom. The van der Waals surface area contributed by atoms with Crippen LogP contribution in [-0.4, -0.2) is 48.8 Å². The maximum absolute atomic E-state index is 10.4. The van der Waals surface area contributed by atoms with Crippen molar-refractivity contribution in [3.05, 3.63) is 11.6 Å². The van der Waals surface area contributed by atoms with Crippen molar-refractivity contribution >= 4 is 5.97 Å². The molecule has 0 aromatic carbocycles. The van der Waals surface area contributed by atoms with Gasteiger partial charge < -0.3 is 9.84 Å². The van der Waals surface area contributed by atoms with Crippen molar-refractivity contribution in [3.63, 3.8) is 0 Å². The van der Waals surface area contributed by atoms with Crippen LogP contribution in [0.2, 0.25) is 0 Å². The summed E-state index contributed by atoms with van der Waals surface area (Å²) in [5.74, 6) is -0.876. The lowest BCUT2D eigenvalue weighted by Crippen LogP contribution is -2.33. The largest absolute Gasteiger partial charge is 0.478 e. The van der Waals surface area contributed by atoms with Crippen molar-refractivity contribution < 1.29 is 14.6 Å². The summed E-state index contributed by atoms with van der Waals surface area (Å²) in [7, 11) is 2.00. The molecule has 1 aliphatic rings. The van der Waals surface area contributed by atoms with E-state index in [0.29, 0.717) is 12.6 Å². The molecule has 1 N–H and O–H groups in total. The first-order chi connectivity index (χ1) is 6.59. The Morgan fingerprint density at radius 2 is 2.43 bits per heavy atom. The zero-order chi connectivity index (χ0) is 10.6. The quantitative estimate of drug-likeness (QED) is 0.678. The molecular weight excluding hydrogens is 182 g/mol. The highest BCUT2D eigenvalue weighted by molar-refractivity contribution is 5.80. The lowest BCUT2D eigenvalue weighted by atomic mass is 10.2. The van der Waals surface area contributed by atoms with Crippen LogP contribution in [0.4, 0.5) is 0 Å². The second-order valence-corrected chi connectivity index (χ2v) is 3.76. The van der Waals surface area contributed by atoms with E-state index in [9.17, 15) is 4.79 Å². The minimum atomic E-state index is -0.876. The molecule has 0 amide bonds. The summed E-state index contributed by atoms with van der Waals surface area (Å²) in [6.07, 6.45) is 2.29. The molecule has 4 heteroatoms. The van der Waals surface area contributed by atoms with E-state index in [1.807, 2.05) is 14.0 Å². The number of rotatable bonds is 4. The maximum atomic E-state index is 10.4. The van der Waals surface area contributed by atoms with E-state index in [1.165, 1.54) is 6.08 Å². The van der Waals surface area contributed by atoms with Crippen LogP contribution < -0.4 is 0 Å². The molecule has 80 valence electrons. The normalized spacial score (nSPS) is 23.1. The van der Waals surface area contributed by atoms with E-state index in [2.05, 4.69) is 4.90 Å². The van der Waals surface area contributed by atoms with E-state index < -0.39 is 5.97 Å².